The van der Waals surface area contributed by atoms with Crippen molar-refractivity contribution in [3.8, 4) is 11.5 Å². The van der Waals surface area contributed by atoms with Crippen LogP contribution in [-0.4, -0.2) is 55.5 Å². The normalized spacial score (nSPS) is 27.6. The third kappa shape index (κ3) is 3.29. The summed E-state index contributed by atoms with van der Waals surface area (Å²) in [7, 11) is -3.08. The first-order valence-corrected chi connectivity index (χ1v) is 11.3. The molecule has 26 heavy (non-hydrogen) atoms. The number of amidine groups is 1. The summed E-state index contributed by atoms with van der Waals surface area (Å²) >= 11 is 1.38. The number of aliphatic imine (C=N–C) groups is 1. The molecular formula is C17H20N2O5S2. The number of amides is 1. The van der Waals surface area contributed by atoms with Crippen molar-refractivity contribution in [1.29, 1.82) is 0 Å². The Kier molecular flexibility index (Phi) is 4.60. The molecule has 140 valence electrons. The number of ether oxygens (including phenoxy) is 2. The number of nitrogens with zero attached hydrogens (tertiary/aromatic N) is 2. The number of hydrogen-bond acceptors (Lipinski definition) is 6. The lowest BCUT2D eigenvalue weighted by molar-refractivity contribution is -0.117. The number of carbonyl (C=O) groups excluding carboxylic acids is 1. The van der Waals surface area contributed by atoms with Crippen molar-refractivity contribution >= 4 is 38.4 Å². The van der Waals surface area contributed by atoms with E-state index in [4.69, 9.17) is 9.47 Å². The van der Waals surface area contributed by atoms with Crippen molar-refractivity contribution in [3.05, 3.63) is 18.2 Å². The van der Waals surface area contributed by atoms with E-state index < -0.39 is 9.84 Å². The molecule has 0 spiro atoms. The predicted molar refractivity (Wildman–Crippen MR) is 101 cm³/mol. The number of benzene rings is 1. The summed E-state index contributed by atoms with van der Waals surface area (Å²) in [5.41, 5.74) is 0.773. The Labute approximate surface area is 156 Å². The van der Waals surface area contributed by atoms with Gasteiger partial charge in [-0.2, -0.15) is 4.99 Å². The lowest BCUT2D eigenvalue weighted by Crippen LogP contribution is -2.37. The van der Waals surface area contributed by atoms with Gasteiger partial charge in [0.2, 0.25) is 5.91 Å². The highest BCUT2D eigenvalue weighted by Crippen LogP contribution is 2.43. The number of fused-ring (bicyclic) bond motifs is 2. The molecule has 0 bridgehead atoms. The Bertz CT molecular complexity index is 868. The van der Waals surface area contributed by atoms with Gasteiger partial charge in [-0.1, -0.05) is 18.7 Å². The standard InChI is InChI=1S/C17H20N2O5S2/c1-2-3-16(20)18-17-19(12-9-26(21,22)10-15(12)25-17)11-4-5-13-14(8-11)24-7-6-23-13/h4-5,8,12,15H,2-3,6-7,9-10H2,1H3/t12-,15-/m0/s1. The van der Waals surface area contributed by atoms with Crippen LogP contribution in [-0.2, 0) is 14.6 Å². The molecule has 3 aliphatic rings. The maximum Gasteiger partial charge on any atom is 0.248 e. The first kappa shape index (κ1) is 17.7. The quantitative estimate of drug-likeness (QED) is 0.771. The van der Waals surface area contributed by atoms with E-state index in [2.05, 4.69) is 4.99 Å². The number of anilines is 1. The van der Waals surface area contributed by atoms with Crippen LogP contribution >= 0.6 is 11.8 Å². The Morgan fingerprint density at radius 1 is 1.27 bits per heavy atom. The fourth-order valence-corrected chi connectivity index (χ4v) is 7.36. The van der Waals surface area contributed by atoms with Gasteiger partial charge in [-0.3, -0.25) is 4.79 Å². The molecule has 0 radical (unpaired) electrons. The van der Waals surface area contributed by atoms with Crippen molar-refractivity contribution in [3.63, 3.8) is 0 Å². The minimum absolute atomic E-state index is 0.0695. The van der Waals surface area contributed by atoms with Crippen molar-refractivity contribution in [1.82, 2.24) is 0 Å². The smallest absolute Gasteiger partial charge is 0.248 e. The summed E-state index contributed by atoms with van der Waals surface area (Å²) in [5, 5.41) is 0.464. The zero-order valence-electron chi connectivity index (χ0n) is 14.4. The van der Waals surface area contributed by atoms with Crippen molar-refractivity contribution in [2.75, 3.05) is 29.6 Å². The molecule has 7 nitrogen and oxygen atoms in total. The van der Waals surface area contributed by atoms with E-state index in [1.807, 2.05) is 30.0 Å². The number of rotatable bonds is 3. The van der Waals surface area contributed by atoms with E-state index in [0.29, 0.717) is 36.3 Å². The molecule has 1 aromatic carbocycles. The fraction of sp³-hybridized carbons (Fsp3) is 0.529. The second-order valence-corrected chi connectivity index (χ2v) is 9.90. The Morgan fingerprint density at radius 2 is 2.04 bits per heavy atom. The number of thioether (sulfide) groups is 1. The molecule has 3 aliphatic heterocycles. The monoisotopic (exact) mass is 396 g/mol. The number of carbonyl (C=O) groups is 1. The molecule has 0 saturated carbocycles. The topological polar surface area (TPSA) is 85.3 Å². The van der Waals surface area contributed by atoms with Gasteiger partial charge in [0, 0.05) is 23.4 Å². The lowest BCUT2D eigenvalue weighted by Gasteiger charge is -2.26. The average molecular weight is 396 g/mol. The minimum Gasteiger partial charge on any atom is -0.486 e. The average Bonchev–Trinajstić information content (AvgIpc) is 3.05. The molecule has 3 heterocycles. The van der Waals surface area contributed by atoms with Crippen LogP contribution in [0.3, 0.4) is 0 Å². The molecule has 2 saturated heterocycles. The zero-order chi connectivity index (χ0) is 18.3. The first-order chi connectivity index (χ1) is 12.5. The summed E-state index contributed by atoms with van der Waals surface area (Å²) in [6, 6.07) is 5.29. The van der Waals surface area contributed by atoms with Crippen LogP contribution in [0.15, 0.2) is 23.2 Å². The van der Waals surface area contributed by atoms with Gasteiger partial charge in [-0.15, -0.1) is 0 Å². The van der Waals surface area contributed by atoms with Crippen LogP contribution in [0.4, 0.5) is 5.69 Å². The van der Waals surface area contributed by atoms with E-state index in [-0.39, 0.29) is 28.7 Å². The number of sulfone groups is 1. The van der Waals surface area contributed by atoms with E-state index in [9.17, 15) is 13.2 Å². The zero-order valence-corrected chi connectivity index (χ0v) is 16.0. The third-order valence-electron chi connectivity index (χ3n) is 4.55. The Balaban J connectivity index is 1.72. The summed E-state index contributed by atoms with van der Waals surface area (Å²) < 4.78 is 35.4. The lowest BCUT2D eigenvalue weighted by atomic mass is 10.2. The summed E-state index contributed by atoms with van der Waals surface area (Å²) in [6.45, 7) is 2.91. The SMILES string of the molecule is CCCC(=O)N=C1S[C@H]2CS(=O)(=O)C[C@@H]2N1c1ccc2c(c1)OCCO2. The van der Waals surface area contributed by atoms with Gasteiger partial charge in [-0.05, 0) is 18.6 Å². The first-order valence-electron chi connectivity index (χ1n) is 8.64. The Hall–Kier alpha value is -1.74. The minimum atomic E-state index is -3.08. The largest absolute Gasteiger partial charge is 0.486 e. The van der Waals surface area contributed by atoms with E-state index in [0.717, 1.165) is 12.1 Å². The summed E-state index contributed by atoms with van der Waals surface area (Å²) in [6.07, 6.45) is 1.11. The van der Waals surface area contributed by atoms with Gasteiger partial charge in [-0.25, -0.2) is 8.42 Å². The highest BCUT2D eigenvalue weighted by atomic mass is 32.2. The van der Waals surface area contributed by atoms with Gasteiger partial charge in [0.05, 0.1) is 17.5 Å². The fourth-order valence-electron chi connectivity index (χ4n) is 3.42. The highest BCUT2D eigenvalue weighted by molar-refractivity contribution is 8.16. The number of hydrogen-bond donors (Lipinski definition) is 0. The maximum absolute atomic E-state index is 12.1. The molecule has 0 unspecified atom stereocenters. The van der Waals surface area contributed by atoms with E-state index >= 15 is 0 Å². The Morgan fingerprint density at radius 3 is 2.81 bits per heavy atom. The summed E-state index contributed by atoms with van der Waals surface area (Å²) in [4.78, 5) is 18.2. The van der Waals surface area contributed by atoms with Gasteiger partial charge in [0.15, 0.2) is 26.5 Å². The molecule has 0 aliphatic carbocycles. The molecular weight excluding hydrogens is 376 g/mol. The molecule has 0 aromatic heterocycles. The molecule has 9 heteroatoms. The molecule has 2 fully saturated rings. The van der Waals surface area contributed by atoms with Gasteiger partial charge < -0.3 is 14.4 Å². The van der Waals surface area contributed by atoms with Crippen LogP contribution in [0.2, 0.25) is 0 Å². The van der Waals surface area contributed by atoms with Crippen LogP contribution < -0.4 is 14.4 Å². The van der Waals surface area contributed by atoms with Gasteiger partial charge in [0.25, 0.3) is 0 Å². The van der Waals surface area contributed by atoms with Crippen LogP contribution in [0, 0.1) is 0 Å². The second-order valence-electron chi connectivity index (χ2n) is 6.54. The molecule has 1 aromatic rings. The summed E-state index contributed by atoms with van der Waals surface area (Å²) in [5.74, 6) is 1.30. The second kappa shape index (κ2) is 6.77. The van der Waals surface area contributed by atoms with Gasteiger partial charge in [0.1, 0.15) is 13.2 Å². The van der Waals surface area contributed by atoms with Crippen molar-refractivity contribution in [2.24, 2.45) is 4.99 Å². The van der Waals surface area contributed by atoms with E-state index in [1.165, 1.54) is 11.8 Å². The highest BCUT2D eigenvalue weighted by Gasteiger charge is 2.49. The molecule has 0 N–H and O–H groups in total. The van der Waals surface area contributed by atoms with Gasteiger partial charge >= 0.3 is 0 Å². The maximum atomic E-state index is 12.1. The molecule has 2 atom stereocenters. The predicted octanol–water partition coefficient (Wildman–Crippen LogP) is 1.86. The molecule has 4 rings (SSSR count). The molecule has 1 amide bonds. The third-order valence-corrected chi connectivity index (χ3v) is 7.76. The van der Waals surface area contributed by atoms with Crippen molar-refractivity contribution < 1.29 is 22.7 Å². The van der Waals surface area contributed by atoms with Crippen molar-refractivity contribution in [2.45, 2.75) is 31.1 Å². The van der Waals surface area contributed by atoms with Crippen LogP contribution in [0.5, 0.6) is 11.5 Å². The van der Waals surface area contributed by atoms with Crippen LogP contribution in [0.1, 0.15) is 19.8 Å². The van der Waals surface area contributed by atoms with E-state index in [1.54, 1.807) is 0 Å². The van der Waals surface area contributed by atoms with Crippen LogP contribution in [0.25, 0.3) is 0 Å².